The molecule has 1 aromatic carbocycles. The molecule has 1 unspecified atom stereocenters. The smallest absolute Gasteiger partial charge is 0.255 e. The number of sulfone groups is 1. The fourth-order valence-corrected chi connectivity index (χ4v) is 3.77. The minimum atomic E-state index is -3.06. The van der Waals surface area contributed by atoms with Gasteiger partial charge in [0.25, 0.3) is 11.8 Å². The van der Waals surface area contributed by atoms with Crippen molar-refractivity contribution in [2.45, 2.75) is 12.5 Å². The average Bonchev–Trinajstić information content (AvgIpc) is 2.75. The third-order valence-corrected chi connectivity index (χ3v) is 4.84. The number of ether oxygens (including phenoxy) is 1. The summed E-state index contributed by atoms with van der Waals surface area (Å²) in [5.74, 6) is -0.820. The molecule has 8 heteroatoms. The lowest BCUT2D eigenvalue weighted by Gasteiger charge is -2.13. The zero-order chi connectivity index (χ0) is 15.5. The van der Waals surface area contributed by atoms with E-state index in [0.717, 1.165) is 0 Å². The van der Waals surface area contributed by atoms with Crippen LogP contribution in [0.15, 0.2) is 24.3 Å². The molecule has 114 valence electrons. The summed E-state index contributed by atoms with van der Waals surface area (Å²) in [5, 5.41) is 2.66. The maximum absolute atomic E-state index is 12.2. The van der Waals surface area contributed by atoms with Crippen molar-refractivity contribution >= 4 is 21.7 Å². The first-order valence-corrected chi connectivity index (χ1v) is 8.21. The van der Waals surface area contributed by atoms with Gasteiger partial charge in [-0.3, -0.25) is 9.59 Å². The highest BCUT2D eigenvalue weighted by Crippen LogP contribution is 2.19. The molecule has 1 aliphatic heterocycles. The highest BCUT2D eigenvalue weighted by molar-refractivity contribution is 7.91. The van der Waals surface area contributed by atoms with Gasteiger partial charge in [-0.05, 0) is 18.6 Å². The Balaban J connectivity index is 2.07. The fourth-order valence-electron chi connectivity index (χ4n) is 2.10. The third-order valence-electron chi connectivity index (χ3n) is 3.07. The predicted octanol–water partition coefficient (Wildman–Crippen LogP) is -0.532. The minimum Gasteiger partial charge on any atom is -0.483 e. The second-order valence-corrected chi connectivity index (χ2v) is 7.05. The van der Waals surface area contributed by atoms with Crippen LogP contribution in [-0.4, -0.2) is 44.4 Å². The number of nitrogens with one attached hydrogen (secondary N) is 1. The average molecular weight is 312 g/mol. The lowest BCUT2D eigenvalue weighted by Crippen LogP contribution is -2.35. The van der Waals surface area contributed by atoms with E-state index in [1.165, 1.54) is 6.07 Å². The second-order valence-electron chi connectivity index (χ2n) is 4.82. The van der Waals surface area contributed by atoms with Crippen LogP contribution < -0.4 is 15.8 Å². The van der Waals surface area contributed by atoms with Crippen molar-refractivity contribution in [3.05, 3.63) is 29.8 Å². The first kappa shape index (κ1) is 15.3. The molecule has 1 fully saturated rings. The van der Waals surface area contributed by atoms with E-state index >= 15 is 0 Å². The molecule has 1 saturated heterocycles. The monoisotopic (exact) mass is 312 g/mol. The number of para-hydroxylation sites is 1. The summed E-state index contributed by atoms with van der Waals surface area (Å²) < 4.78 is 27.9. The van der Waals surface area contributed by atoms with Crippen LogP contribution in [0.4, 0.5) is 0 Å². The molecular formula is C13H16N2O5S. The Morgan fingerprint density at radius 2 is 2.05 bits per heavy atom. The summed E-state index contributed by atoms with van der Waals surface area (Å²) >= 11 is 0. The summed E-state index contributed by atoms with van der Waals surface area (Å²) in [6.45, 7) is -0.331. The van der Waals surface area contributed by atoms with Gasteiger partial charge in [-0.15, -0.1) is 0 Å². The van der Waals surface area contributed by atoms with E-state index in [1.807, 2.05) is 0 Å². The zero-order valence-corrected chi connectivity index (χ0v) is 12.1. The van der Waals surface area contributed by atoms with Crippen LogP contribution in [0.25, 0.3) is 0 Å². The van der Waals surface area contributed by atoms with Crippen molar-refractivity contribution in [1.82, 2.24) is 5.32 Å². The van der Waals surface area contributed by atoms with Gasteiger partial charge in [0.15, 0.2) is 16.4 Å². The molecule has 0 radical (unpaired) electrons. The molecule has 1 aromatic rings. The van der Waals surface area contributed by atoms with Gasteiger partial charge in [-0.25, -0.2) is 8.42 Å². The van der Waals surface area contributed by atoms with Crippen LogP contribution in [0, 0.1) is 0 Å². The molecule has 0 aliphatic carbocycles. The Bertz CT molecular complexity index is 656. The SMILES string of the molecule is NC(=O)COc1ccccc1C(=O)NC1CCS(=O)(=O)C1. The van der Waals surface area contributed by atoms with E-state index in [2.05, 4.69) is 5.32 Å². The molecule has 1 atom stereocenters. The number of amides is 2. The molecule has 3 N–H and O–H groups in total. The minimum absolute atomic E-state index is 0.0525. The second kappa shape index (κ2) is 6.13. The van der Waals surface area contributed by atoms with Crippen LogP contribution in [0.5, 0.6) is 5.75 Å². The van der Waals surface area contributed by atoms with Gasteiger partial charge in [0.05, 0.1) is 17.1 Å². The molecule has 2 rings (SSSR count). The largest absolute Gasteiger partial charge is 0.483 e. The molecule has 0 spiro atoms. The van der Waals surface area contributed by atoms with Gasteiger partial charge in [0, 0.05) is 6.04 Å². The molecule has 7 nitrogen and oxygen atoms in total. The number of carbonyl (C=O) groups is 2. The molecule has 1 aliphatic rings. The summed E-state index contributed by atoms with van der Waals surface area (Å²) in [6, 6.07) is 6.00. The van der Waals surface area contributed by atoms with Gasteiger partial charge >= 0.3 is 0 Å². The number of nitrogens with two attached hydrogens (primary N) is 1. The van der Waals surface area contributed by atoms with E-state index in [-0.39, 0.29) is 29.4 Å². The normalized spacial score (nSPS) is 19.9. The van der Waals surface area contributed by atoms with Gasteiger partial charge < -0.3 is 15.8 Å². The van der Waals surface area contributed by atoms with E-state index in [1.54, 1.807) is 18.2 Å². The highest BCUT2D eigenvalue weighted by atomic mass is 32.2. The quantitative estimate of drug-likeness (QED) is 0.758. The molecule has 0 bridgehead atoms. The molecule has 1 heterocycles. The Labute approximate surface area is 122 Å². The number of hydrogen-bond acceptors (Lipinski definition) is 5. The summed E-state index contributed by atoms with van der Waals surface area (Å²) in [7, 11) is -3.06. The van der Waals surface area contributed by atoms with E-state index < -0.39 is 27.7 Å². The number of rotatable bonds is 5. The number of primary amides is 1. The number of hydrogen-bond donors (Lipinski definition) is 2. The van der Waals surface area contributed by atoms with Crippen LogP contribution in [0.2, 0.25) is 0 Å². The van der Waals surface area contributed by atoms with E-state index in [9.17, 15) is 18.0 Å². The summed E-state index contributed by atoms with van der Waals surface area (Å²) in [4.78, 5) is 22.9. The maximum Gasteiger partial charge on any atom is 0.255 e. The Morgan fingerprint density at radius 1 is 1.33 bits per heavy atom. The maximum atomic E-state index is 12.2. The van der Waals surface area contributed by atoms with Crippen molar-refractivity contribution in [2.24, 2.45) is 5.73 Å². The molecule has 0 aromatic heterocycles. The first-order chi connectivity index (χ1) is 9.87. The fraction of sp³-hybridized carbons (Fsp3) is 0.385. The lowest BCUT2D eigenvalue weighted by molar-refractivity contribution is -0.119. The molecule has 0 saturated carbocycles. The number of carbonyl (C=O) groups excluding carboxylic acids is 2. The van der Waals surface area contributed by atoms with Crippen LogP contribution >= 0.6 is 0 Å². The van der Waals surface area contributed by atoms with Crippen molar-refractivity contribution in [3.8, 4) is 5.75 Å². The Hall–Kier alpha value is -2.09. The Morgan fingerprint density at radius 3 is 2.67 bits per heavy atom. The van der Waals surface area contributed by atoms with E-state index in [4.69, 9.17) is 10.5 Å². The summed E-state index contributed by atoms with van der Waals surface area (Å²) in [6.07, 6.45) is 0.401. The van der Waals surface area contributed by atoms with Crippen molar-refractivity contribution in [2.75, 3.05) is 18.1 Å². The highest BCUT2D eigenvalue weighted by Gasteiger charge is 2.29. The third kappa shape index (κ3) is 4.19. The lowest BCUT2D eigenvalue weighted by atomic mass is 10.1. The summed E-state index contributed by atoms with van der Waals surface area (Å²) in [5.41, 5.74) is 5.24. The van der Waals surface area contributed by atoms with E-state index in [0.29, 0.717) is 6.42 Å². The zero-order valence-electron chi connectivity index (χ0n) is 11.2. The van der Waals surface area contributed by atoms with Gasteiger partial charge in [-0.1, -0.05) is 12.1 Å². The topological polar surface area (TPSA) is 116 Å². The van der Waals surface area contributed by atoms with Crippen LogP contribution in [0.3, 0.4) is 0 Å². The Kier molecular flexibility index (Phi) is 4.46. The van der Waals surface area contributed by atoms with Gasteiger partial charge in [-0.2, -0.15) is 0 Å². The first-order valence-electron chi connectivity index (χ1n) is 6.39. The van der Waals surface area contributed by atoms with Crippen LogP contribution in [0.1, 0.15) is 16.8 Å². The number of benzene rings is 1. The van der Waals surface area contributed by atoms with Crippen molar-refractivity contribution in [3.63, 3.8) is 0 Å². The van der Waals surface area contributed by atoms with Crippen molar-refractivity contribution < 1.29 is 22.7 Å². The molecular weight excluding hydrogens is 296 g/mol. The van der Waals surface area contributed by atoms with Gasteiger partial charge in [0.1, 0.15) is 5.75 Å². The molecule has 2 amide bonds. The standard InChI is InChI=1S/C13H16N2O5S/c14-12(16)7-20-11-4-2-1-3-10(11)13(17)15-9-5-6-21(18,19)8-9/h1-4,9H,5-8H2,(H2,14,16)(H,15,17). The van der Waals surface area contributed by atoms with Crippen LogP contribution in [-0.2, 0) is 14.6 Å². The van der Waals surface area contributed by atoms with Crippen molar-refractivity contribution in [1.29, 1.82) is 0 Å². The van der Waals surface area contributed by atoms with Gasteiger partial charge in [0.2, 0.25) is 0 Å². The predicted molar refractivity (Wildman–Crippen MR) is 75.7 cm³/mol. The molecule has 21 heavy (non-hydrogen) atoms.